The van der Waals surface area contributed by atoms with Crippen LogP contribution in [0.3, 0.4) is 0 Å². The molecule has 26 heavy (non-hydrogen) atoms. The number of aryl methyl sites for hydroxylation is 2. The van der Waals surface area contributed by atoms with Gasteiger partial charge >= 0.3 is 0 Å². The van der Waals surface area contributed by atoms with Gasteiger partial charge in [-0.15, -0.1) is 0 Å². The number of aromatic amines is 1. The smallest absolute Gasteiger partial charge is 0.194 e. The Morgan fingerprint density at radius 2 is 2.12 bits per heavy atom. The summed E-state index contributed by atoms with van der Waals surface area (Å²) in [4.78, 5) is 10.4. The number of H-pyrrole nitrogens is 1. The lowest BCUT2D eigenvalue weighted by Gasteiger charge is -2.22. The van der Waals surface area contributed by atoms with E-state index in [9.17, 15) is 0 Å². The Hall–Kier alpha value is -2.69. The molecule has 138 valence electrons. The Labute approximate surface area is 155 Å². The van der Waals surface area contributed by atoms with Crippen LogP contribution in [0.1, 0.15) is 23.7 Å². The first-order chi connectivity index (χ1) is 12.6. The second-order valence-corrected chi connectivity index (χ2v) is 6.76. The Bertz CT molecular complexity index is 887. The average Bonchev–Trinajstić information content (AvgIpc) is 3.21. The van der Waals surface area contributed by atoms with Crippen molar-refractivity contribution in [3.8, 4) is 0 Å². The van der Waals surface area contributed by atoms with Crippen molar-refractivity contribution in [1.82, 2.24) is 19.8 Å². The predicted octanol–water partition coefficient (Wildman–Crippen LogP) is 3.45. The number of fused-ring (bicyclic) bond motifs is 1. The molecule has 0 aliphatic carbocycles. The molecule has 3 rings (SSSR count). The fraction of sp³-hybridized carbons (Fsp3) is 0.381. The molecule has 0 bridgehead atoms. The van der Waals surface area contributed by atoms with Gasteiger partial charge in [-0.2, -0.15) is 0 Å². The Morgan fingerprint density at radius 1 is 1.27 bits per heavy atom. The predicted molar refractivity (Wildman–Crippen MR) is 110 cm³/mol. The number of aliphatic imine (C=N–C) groups is 1. The van der Waals surface area contributed by atoms with Crippen LogP contribution in [-0.2, 0) is 20.0 Å². The standard InChI is InChI=1S/C21H29N5/c1-5-22-21(26(4)15-18-9-7-13-25(18)3)23-12-11-17-14-24-19-10-6-8-16(2)20(17)19/h6-10,13-14,24H,5,11-12,15H2,1-4H3,(H,22,23). The molecule has 5 heteroatoms. The summed E-state index contributed by atoms with van der Waals surface area (Å²) in [5.74, 6) is 0.949. The number of hydrogen-bond donors (Lipinski definition) is 2. The number of rotatable bonds is 6. The van der Waals surface area contributed by atoms with E-state index < -0.39 is 0 Å². The molecular weight excluding hydrogens is 322 g/mol. The molecule has 0 atom stereocenters. The Morgan fingerprint density at radius 3 is 2.85 bits per heavy atom. The highest BCUT2D eigenvalue weighted by Crippen LogP contribution is 2.22. The zero-order valence-electron chi connectivity index (χ0n) is 16.2. The summed E-state index contributed by atoms with van der Waals surface area (Å²) in [5, 5.41) is 4.74. The maximum Gasteiger partial charge on any atom is 0.194 e. The number of benzene rings is 1. The lowest BCUT2D eigenvalue weighted by molar-refractivity contribution is 0.462. The minimum atomic E-state index is 0.765. The van der Waals surface area contributed by atoms with Gasteiger partial charge in [0.15, 0.2) is 5.96 Å². The number of nitrogens with one attached hydrogen (secondary N) is 2. The second kappa shape index (κ2) is 8.13. The van der Waals surface area contributed by atoms with Crippen LogP contribution < -0.4 is 5.32 Å². The van der Waals surface area contributed by atoms with Crippen molar-refractivity contribution < 1.29 is 0 Å². The van der Waals surface area contributed by atoms with Crippen molar-refractivity contribution >= 4 is 16.9 Å². The summed E-state index contributed by atoms with van der Waals surface area (Å²) in [6.45, 7) is 6.74. The molecule has 0 amide bonds. The minimum absolute atomic E-state index is 0.765. The van der Waals surface area contributed by atoms with Crippen LogP contribution in [-0.4, -0.2) is 40.5 Å². The molecule has 3 aromatic rings. The van der Waals surface area contributed by atoms with Crippen LogP contribution >= 0.6 is 0 Å². The molecule has 2 N–H and O–H groups in total. The highest BCUT2D eigenvalue weighted by atomic mass is 15.3. The molecule has 0 aliphatic heterocycles. The first-order valence-electron chi connectivity index (χ1n) is 9.25. The topological polar surface area (TPSA) is 48.4 Å². The van der Waals surface area contributed by atoms with Gasteiger partial charge < -0.3 is 19.8 Å². The first kappa shape index (κ1) is 18.1. The summed E-state index contributed by atoms with van der Waals surface area (Å²) in [6.07, 6.45) is 5.12. The first-order valence-corrected chi connectivity index (χ1v) is 9.25. The highest BCUT2D eigenvalue weighted by molar-refractivity contribution is 5.86. The van der Waals surface area contributed by atoms with Crippen molar-refractivity contribution in [3.63, 3.8) is 0 Å². The normalized spacial score (nSPS) is 11.9. The van der Waals surface area contributed by atoms with Crippen LogP contribution in [0.4, 0.5) is 0 Å². The third-order valence-corrected chi connectivity index (χ3v) is 4.79. The molecule has 0 fully saturated rings. The number of nitrogens with zero attached hydrogens (tertiary/aromatic N) is 3. The quantitative estimate of drug-likeness (QED) is 0.528. The van der Waals surface area contributed by atoms with Crippen LogP contribution in [0.25, 0.3) is 10.9 Å². The van der Waals surface area contributed by atoms with Crippen LogP contribution in [0.5, 0.6) is 0 Å². The van der Waals surface area contributed by atoms with E-state index in [0.29, 0.717) is 0 Å². The highest BCUT2D eigenvalue weighted by Gasteiger charge is 2.09. The van der Waals surface area contributed by atoms with E-state index >= 15 is 0 Å². The zero-order valence-corrected chi connectivity index (χ0v) is 16.2. The lowest BCUT2D eigenvalue weighted by atomic mass is 10.1. The Balaban J connectivity index is 1.69. The molecule has 0 aliphatic rings. The van der Waals surface area contributed by atoms with Crippen LogP contribution in [0, 0.1) is 6.92 Å². The molecule has 0 radical (unpaired) electrons. The zero-order chi connectivity index (χ0) is 18.5. The van der Waals surface area contributed by atoms with E-state index in [-0.39, 0.29) is 0 Å². The fourth-order valence-corrected chi connectivity index (χ4v) is 3.38. The molecule has 0 unspecified atom stereocenters. The summed E-state index contributed by atoms with van der Waals surface area (Å²) in [7, 11) is 4.16. The van der Waals surface area contributed by atoms with Gasteiger partial charge in [-0.1, -0.05) is 12.1 Å². The van der Waals surface area contributed by atoms with Gasteiger partial charge in [0.2, 0.25) is 0 Å². The third kappa shape index (κ3) is 3.93. The van der Waals surface area contributed by atoms with E-state index in [4.69, 9.17) is 4.99 Å². The largest absolute Gasteiger partial charge is 0.361 e. The molecule has 2 heterocycles. The summed E-state index contributed by atoms with van der Waals surface area (Å²) in [6, 6.07) is 10.6. The fourth-order valence-electron chi connectivity index (χ4n) is 3.38. The maximum atomic E-state index is 4.84. The molecule has 0 saturated heterocycles. The molecule has 5 nitrogen and oxygen atoms in total. The minimum Gasteiger partial charge on any atom is -0.361 e. The van der Waals surface area contributed by atoms with Crippen molar-refractivity contribution in [2.75, 3.05) is 20.1 Å². The van der Waals surface area contributed by atoms with E-state index in [1.807, 2.05) is 0 Å². The van der Waals surface area contributed by atoms with Gasteiger partial charge in [-0.05, 0) is 49.6 Å². The van der Waals surface area contributed by atoms with Gasteiger partial charge in [0, 0.05) is 56.2 Å². The number of hydrogen-bond acceptors (Lipinski definition) is 1. The van der Waals surface area contributed by atoms with Crippen LogP contribution in [0.2, 0.25) is 0 Å². The molecular formula is C21H29N5. The van der Waals surface area contributed by atoms with Crippen molar-refractivity contribution in [2.45, 2.75) is 26.8 Å². The third-order valence-electron chi connectivity index (χ3n) is 4.79. The molecule has 1 aromatic carbocycles. The molecule has 0 saturated carbocycles. The average molecular weight is 351 g/mol. The van der Waals surface area contributed by atoms with E-state index in [1.54, 1.807) is 0 Å². The van der Waals surface area contributed by atoms with Crippen LogP contribution in [0.15, 0.2) is 47.7 Å². The van der Waals surface area contributed by atoms with Crippen molar-refractivity contribution in [1.29, 1.82) is 0 Å². The molecule has 0 spiro atoms. The van der Waals surface area contributed by atoms with Crippen molar-refractivity contribution in [2.24, 2.45) is 12.0 Å². The molecule has 2 aromatic heterocycles. The van der Waals surface area contributed by atoms with Gasteiger partial charge in [-0.3, -0.25) is 4.99 Å². The van der Waals surface area contributed by atoms with Gasteiger partial charge in [0.1, 0.15) is 0 Å². The van der Waals surface area contributed by atoms with E-state index in [0.717, 1.165) is 32.0 Å². The summed E-state index contributed by atoms with van der Waals surface area (Å²) in [5.41, 5.74) is 5.13. The monoisotopic (exact) mass is 351 g/mol. The maximum absolute atomic E-state index is 4.84. The van der Waals surface area contributed by atoms with Crippen molar-refractivity contribution in [3.05, 3.63) is 59.5 Å². The number of guanidine groups is 1. The van der Waals surface area contributed by atoms with Gasteiger partial charge in [0.25, 0.3) is 0 Å². The van der Waals surface area contributed by atoms with E-state index in [1.165, 1.54) is 27.7 Å². The second-order valence-electron chi connectivity index (χ2n) is 6.76. The lowest BCUT2D eigenvalue weighted by Crippen LogP contribution is -2.39. The van der Waals surface area contributed by atoms with Gasteiger partial charge in [-0.25, -0.2) is 0 Å². The van der Waals surface area contributed by atoms with E-state index in [2.05, 4.69) is 90.4 Å². The SMILES string of the molecule is CCNC(=NCCc1c[nH]c2cccc(C)c12)N(C)Cc1cccn1C. The summed E-state index contributed by atoms with van der Waals surface area (Å²) < 4.78 is 2.15. The van der Waals surface area contributed by atoms with Gasteiger partial charge in [0.05, 0.1) is 6.54 Å². The Kier molecular flexibility index (Phi) is 5.66. The number of aromatic nitrogens is 2. The summed E-state index contributed by atoms with van der Waals surface area (Å²) >= 11 is 0.